The van der Waals surface area contributed by atoms with E-state index in [2.05, 4.69) is 5.32 Å². The second-order valence-corrected chi connectivity index (χ2v) is 5.84. The molecule has 8 heteroatoms. The zero-order valence-electron chi connectivity index (χ0n) is 9.44. The molecule has 0 saturated heterocycles. The number of rotatable bonds is 5. The number of carbonyl (C=O) groups is 1. The van der Waals surface area contributed by atoms with E-state index in [1.807, 2.05) is 0 Å². The second-order valence-electron chi connectivity index (χ2n) is 3.27. The number of likely N-dealkylation sites (N-methyl/N-ethyl adjacent to an activating group) is 1. The molecule has 0 spiro atoms. The molecule has 1 aromatic carbocycles. The maximum Gasteiger partial charge on any atom is 0.261 e. The van der Waals surface area contributed by atoms with Crippen LogP contribution in [0.25, 0.3) is 0 Å². The third-order valence-electron chi connectivity index (χ3n) is 1.92. The summed E-state index contributed by atoms with van der Waals surface area (Å²) in [5, 5.41) is 2.47. The monoisotopic (exact) mass is 295 g/mol. The molecule has 0 aliphatic rings. The first kappa shape index (κ1) is 14.7. The van der Waals surface area contributed by atoms with Crippen LogP contribution < -0.4 is 10.1 Å². The molecule has 0 fully saturated rings. The summed E-state index contributed by atoms with van der Waals surface area (Å²) in [5.74, 6) is -1.52. The Labute approximate surface area is 108 Å². The summed E-state index contributed by atoms with van der Waals surface area (Å²) in [7, 11) is 1.07. The van der Waals surface area contributed by atoms with Gasteiger partial charge in [-0.05, 0) is 25.1 Å². The van der Waals surface area contributed by atoms with E-state index in [1.165, 1.54) is 0 Å². The molecule has 100 valence electrons. The van der Waals surface area contributed by atoms with Crippen molar-refractivity contribution < 1.29 is 22.3 Å². The molecule has 5 nitrogen and oxygen atoms in total. The van der Waals surface area contributed by atoms with E-state index in [9.17, 15) is 17.6 Å². The summed E-state index contributed by atoms with van der Waals surface area (Å²) < 4.78 is 40.2. The Morgan fingerprint density at radius 3 is 2.67 bits per heavy atom. The minimum absolute atomic E-state index is 0.217. The lowest BCUT2D eigenvalue weighted by Crippen LogP contribution is -2.28. The van der Waals surface area contributed by atoms with Crippen LogP contribution in [0.2, 0.25) is 0 Å². The van der Waals surface area contributed by atoms with E-state index in [1.54, 1.807) is 6.92 Å². The van der Waals surface area contributed by atoms with Crippen LogP contribution in [0.15, 0.2) is 23.1 Å². The van der Waals surface area contributed by atoms with Crippen molar-refractivity contribution in [1.82, 2.24) is 5.32 Å². The third kappa shape index (κ3) is 4.15. The second kappa shape index (κ2) is 6.01. The fourth-order valence-corrected chi connectivity index (χ4v) is 1.90. The van der Waals surface area contributed by atoms with E-state index in [-0.39, 0.29) is 17.3 Å². The zero-order chi connectivity index (χ0) is 13.8. The lowest BCUT2D eigenvalue weighted by atomic mass is 10.3. The van der Waals surface area contributed by atoms with Gasteiger partial charge in [0.2, 0.25) is 0 Å². The first-order valence-corrected chi connectivity index (χ1v) is 7.29. The average Bonchev–Trinajstić information content (AvgIpc) is 2.26. The predicted octanol–water partition coefficient (Wildman–Crippen LogP) is 1.27. The highest BCUT2D eigenvalue weighted by molar-refractivity contribution is 8.13. The predicted molar refractivity (Wildman–Crippen MR) is 63.6 cm³/mol. The summed E-state index contributed by atoms with van der Waals surface area (Å²) in [6.07, 6.45) is 0. The zero-order valence-corrected chi connectivity index (χ0v) is 11.0. The number of ether oxygens (including phenoxy) is 1. The Balaban J connectivity index is 2.78. The van der Waals surface area contributed by atoms with Crippen LogP contribution in [0.1, 0.15) is 6.92 Å². The number of halogens is 2. The third-order valence-corrected chi connectivity index (χ3v) is 3.27. The Bertz CT molecular complexity index is 547. The molecule has 1 rings (SSSR count). The molecule has 0 radical (unpaired) electrons. The minimum Gasteiger partial charge on any atom is -0.481 e. The molecule has 0 aromatic heterocycles. The van der Waals surface area contributed by atoms with E-state index < -0.39 is 20.8 Å². The molecule has 0 atom stereocenters. The van der Waals surface area contributed by atoms with Crippen molar-refractivity contribution in [2.45, 2.75) is 11.8 Å². The highest BCUT2D eigenvalue weighted by atomic mass is 35.7. The largest absolute Gasteiger partial charge is 0.481 e. The number of hydrogen-bond donors (Lipinski definition) is 1. The number of benzene rings is 1. The van der Waals surface area contributed by atoms with Crippen molar-refractivity contribution in [3.05, 3.63) is 24.0 Å². The van der Waals surface area contributed by atoms with Gasteiger partial charge in [0.25, 0.3) is 15.0 Å². The summed E-state index contributed by atoms with van der Waals surface area (Å²) >= 11 is 0. The number of amides is 1. The van der Waals surface area contributed by atoms with Gasteiger partial charge in [0, 0.05) is 17.2 Å². The van der Waals surface area contributed by atoms with Gasteiger partial charge in [0.1, 0.15) is 0 Å². The molecule has 0 saturated carbocycles. The van der Waals surface area contributed by atoms with Crippen LogP contribution in [-0.4, -0.2) is 27.5 Å². The molecule has 1 amide bonds. The van der Waals surface area contributed by atoms with Crippen molar-refractivity contribution in [2.75, 3.05) is 13.2 Å². The molecular weight excluding hydrogens is 285 g/mol. The fraction of sp³-hybridized carbons (Fsp3) is 0.300. The van der Waals surface area contributed by atoms with Crippen LogP contribution in [0, 0.1) is 5.82 Å². The topological polar surface area (TPSA) is 72.5 Å². The molecule has 1 aromatic rings. The van der Waals surface area contributed by atoms with Gasteiger partial charge in [-0.25, -0.2) is 12.8 Å². The molecular formula is C10H11ClFNO4S. The number of nitrogens with one attached hydrogen (secondary N) is 1. The van der Waals surface area contributed by atoms with Crippen molar-refractivity contribution >= 4 is 25.6 Å². The molecule has 0 unspecified atom stereocenters. The standard InChI is InChI=1S/C10H11ClFNO4S/c1-2-13-10(14)6-17-9-4-3-7(5-8(9)12)18(11,15)16/h3-5H,2,6H2,1H3,(H,13,14). The normalized spacial score (nSPS) is 11.1. The number of hydrogen-bond acceptors (Lipinski definition) is 4. The summed E-state index contributed by atoms with van der Waals surface area (Å²) in [4.78, 5) is 10.7. The van der Waals surface area contributed by atoms with Gasteiger partial charge in [-0.1, -0.05) is 0 Å². The van der Waals surface area contributed by atoms with Crippen molar-refractivity contribution in [3.8, 4) is 5.75 Å². The van der Waals surface area contributed by atoms with Crippen LogP contribution in [0.5, 0.6) is 5.75 Å². The van der Waals surface area contributed by atoms with E-state index in [4.69, 9.17) is 15.4 Å². The Kier molecular flexibility index (Phi) is 4.92. The number of carbonyl (C=O) groups excluding carboxylic acids is 1. The molecule has 18 heavy (non-hydrogen) atoms. The van der Waals surface area contributed by atoms with Gasteiger partial charge in [0.05, 0.1) is 4.90 Å². The lowest BCUT2D eigenvalue weighted by molar-refractivity contribution is -0.123. The maximum absolute atomic E-state index is 13.4. The van der Waals surface area contributed by atoms with Gasteiger partial charge in [-0.3, -0.25) is 4.79 Å². The van der Waals surface area contributed by atoms with Crippen LogP contribution in [0.3, 0.4) is 0 Å². The summed E-state index contributed by atoms with van der Waals surface area (Å²) in [6.45, 7) is 1.82. The lowest BCUT2D eigenvalue weighted by Gasteiger charge is -2.07. The van der Waals surface area contributed by atoms with Crippen LogP contribution in [0.4, 0.5) is 4.39 Å². The van der Waals surface area contributed by atoms with Crippen molar-refractivity contribution in [2.24, 2.45) is 0 Å². The first-order valence-electron chi connectivity index (χ1n) is 4.98. The first-order chi connectivity index (χ1) is 8.34. The summed E-state index contributed by atoms with van der Waals surface area (Å²) in [5.41, 5.74) is 0. The van der Waals surface area contributed by atoms with Gasteiger partial charge in [0.15, 0.2) is 18.2 Å². The minimum atomic E-state index is -3.98. The highest BCUT2D eigenvalue weighted by Crippen LogP contribution is 2.23. The van der Waals surface area contributed by atoms with Gasteiger partial charge < -0.3 is 10.1 Å². The highest BCUT2D eigenvalue weighted by Gasteiger charge is 2.14. The maximum atomic E-state index is 13.4. The molecule has 0 aliphatic carbocycles. The molecule has 0 aliphatic heterocycles. The van der Waals surface area contributed by atoms with Gasteiger partial charge in [-0.2, -0.15) is 0 Å². The van der Waals surface area contributed by atoms with E-state index in [0.717, 1.165) is 18.2 Å². The van der Waals surface area contributed by atoms with Gasteiger partial charge in [-0.15, -0.1) is 0 Å². The molecule has 1 N–H and O–H groups in total. The van der Waals surface area contributed by atoms with Crippen molar-refractivity contribution in [3.63, 3.8) is 0 Å². The quantitative estimate of drug-likeness (QED) is 0.830. The smallest absolute Gasteiger partial charge is 0.261 e. The fourth-order valence-electron chi connectivity index (χ4n) is 1.14. The van der Waals surface area contributed by atoms with Crippen LogP contribution in [-0.2, 0) is 13.8 Å². The van der Waals surface area contributed by atoms with E-state index in [0.29, 0.717) is 6.54 Å². The summed E-state index contributed by atoms with van der Waals surface area (Å²) in [6, 6.07) is 2.93. The Morgan fingerprint density at radius 2 is 2.17 bits per heavy atom. The average molecular weight is 296 g/mol. The molecule has 0 heterocycles. The van der Waals surface area contributed by atoms with Crippen molar-refractivity contribution in [1.29, 1.82) is 0 Å². The molecule has 0 bridgehead atoms. The van der Waals surface area contributed by atoms with E-state index >= 15 is 0 Å². The SMILES string of the molecule is CCNC(=O)COc1ccc(S(=O)(=O)Cl)cc1F. The van der Waals surface area contributed by atoms with Crippen LogP contribution >= 0.6 is 10.7 Å². The Hall–Kier alpha value is -1.34. The van der Waals surface area contributed by atoms with Gasteiger partial charge >= 0.3 is 0 Å². The Morgan fingerprint density at radius 1 is 1.50 bits per heavy atom.